The van der Waals surface area contributed by atoms with E-state index in [9.17, 15) is 4.79 Å². The van der Waals surface area contributed by atoms with Crippen LogP contribution >= 0.6 is 11.8 Å². The van der Waals surface area contributed by atoms with Gasteiger partial charge in [-0.05, 0) is 36.9 Å². The average Bonchev–Trinajstić information content (AvgIpc) is 3.19. The Morgan fingerprint density at radius 1 is 1.31 bits per heavy atom. The first-order valence-electron chi connectivity index (χ1n) is 8.26. The van der Waals surface area contributed by atoms with Crippen LogP contribution in [-0.4, -0.2) is 32.1 Å². The summed E-state index contributed by atoms with van der Waals surface area (Å²) >= 11 is 1.75. The summed E-state index contributed by atoms with van der Waals surface area (Å²) in [5, 5.41) is 15.2. The molecule has 1 amide bonds. The Labute approximate surface area is 156 Å². The number of hydrogen-bond donors (Lipinski definition) is 1. The number of aryl methyl sites for hydroxylation is 3. The summed E-state index contributed by atoms with van der Waals surface area (Å²) in [6, 6.07) is 9.75. The molecule has 2 aromatic heterocycles. The van der Waals surface area contributed by atoms with Gasteiger partial charge in [0.15, 0.2) is 0 Å². The molecule has 2 heterocycles. The molecule has 0 spiro atoms. The average molecular weight is 371 g/mol. The lowest BCUT2D eigenvalue weighted by Gasteiger charge is -2.06. The van der Waals surface area contributed by atoms with E-state index < -0.39 is 0 Å². The zero-order valence-corrected chi connectivity index (χ0v) is 15.8. The lowest BCUT2D eigenvalue weighted by Crippen LogP contribution is -2.12. The molecule has 8 heteroatoms. The molecule has 3 aromatic rings. The fourth-order valence-corrected chi connectivity index (χ4v) is 3.13. The molecule has 0 saturated heterocycles. The topological polar surface area (TPSA) is 85.8 Å². The van der Waals surface area contributed by atoms with Crippen molar-refractivity contribution in [3.63, 3.8) is 0 Å². The van der Waals surface area contributed by atoms with E-state index in [4.69, 9.17) is 4.42 Å². The second-order valence-electron chi connectivity index (χ2n) is 5.98. The molecule has 0 unspecified atom stereocenters. The van der Waals surface area contributed by atoms with Crippen molar-refractivity contribution in [1.29, 1.82) is 0 Å². The Balaban J connectivity index is 1.57. The van der Waals surface area contributed by atoms with E-state index in [1.165, 1.54) is 5.56 Å². The van der Waals surface area contributed by atoms with Crippen LogP contribution in [0.1, 0.15) is 23.6 Å². The van der Waals surface area contributed by atoms with E-state index in [1.807, 2.05) is 44.3 Å². The predicted octanol–water partition coefficient (Wildman–Crippen LogP) is 3.21. The molecule has 26 heavy (non-hydrogen) atoms. The van der Waals surface area contributed by atoms with Gasteiger partial charge >= 0.3 is 0 Å². The summed E-state index contributed by atoms with van der Waals surface area (Å²) in [6.07, 6.45) is 2.72. The predicted molar refractivity (Wildman–Crippen MR) is 102 cm³/mol. The van der Waals surface area contributed by atoms with Crippen LogP contribution in [0.4, 0.5) is 5.69 Å². The van der Waals surface area contributed by atoms with E-state index in [0.29, 0.717) is 18.2 Å². The first-order chi connectivity index (χ1) is 12.5. The van der Waals surface area contributed by atoms with Crippen LogP contribution in [0.25, 0.3) is 11.6 Å². The van der Waals surface area contributed by atoms with Crippen molar-refractivity contribution in [2.24, 2.45) is 7.05 Å². The van der Waals surface area contributed by atoms with E-state index in [-0.39, 0.29) is 12.3 Å². The van der Waals surface area contributed by atoms with Crippen LogP contribution in [-0.2, 0) is 24.0 Å². The number of nitrogens with zero attached hydrogens (tertiary/aromatic N) is 4. The number of amides is 1. The molecule has 1 aromatic carbocycles. The molecule has 0 saturated carbocycles. The molecule has 0 fully saturated rings. The Kier molecular flexibility index (Phi) is 5.72. The van der Waals surface area contributed by atoms with Gasteiger partial charge in [-0.1, -0.05) is 12.1 Å². The lowest BCUT2D eigenvalue weighted by atomic mass is 10.2. The molecule has 0 bridgehead atoms. The van der Waals surface area contributed by atoms with Gasteiger partial charge in [0.1, 0.15) is 5.69 Å². The highest BCUT2D eigenvalue weighted by Gasteiger charge is 2.14. The molecule has 0 radical (unpaired) electrons. The van der Waals surface area contributed by atoms with Gasteiger partial charge < -0.3 is 9.73 Å². The quantitative estimate of drug-likeness (QED) is 0.686. The molecule has 136 valence electrons. The Morgan fingerprint density at radius 2 is 2.15 bits per heavy atom. The zero-order chi connectivity index (χ0) is 18.5. The number of nitrogens with one attached hydrogen (secondary N) is 1. The molecular weight excluding hydrogens is 350 g/mol. The Hall–Kier alpha value is -2.61. The third-order valence-electron chi connectivity index (χ3n) is 3.78. The van der Waals surface area contributed by atoms with Crippen molar-refractivity contribution < 1.29 is 9.21 Å². The van der Waals surface area contributed by atoms with Crippen molar-refractivity contribution in [3.8, 4) is 11.6 Å². The minimum absolute atomic E-state index is 0.0811. The third kappa shape index (κ3) is 4.51. The summed E-state index contributed by atoms with van der Waals surface area (Å²) < 4.78 is 7.35. The summed E-state index contributed by atoms with van der Waals surface area (Å²) in [5.41, 5.74) is 3.63. The van der Waals surface area contributed by atoms with Crippen molar-refractivity contribution in [3.05, 3.63) is 47.5 Å². The molecule has 0 aliphatic rings. The van der Waals surface area contributed by atoms with Gasteiger partial charge in [0.2, 0.25) is 11.8 Å². The monoisotopic (exact) mass is 371 g/mol. The molecule has 0 aliphatic carbocycles. The van der Waals surface area contributed by atoms with Crippen molar-refractivity contribution in [1.82, 2.24) is 20.0 Å². The molecule has 3 rings (SSSR count). The number of benzene rings is 1. The molecular formula is C18H21N5O2S. The maximum absolute atomic E-state index is 12.2. The second-order valence-corrected chi connectivity index (χ2v) is 6.84. The minimum atomic E-state index is -0.0811. The number of thioether (sulfide) groups is 1. The van der Waals surface area contributed by atoms with Gasteiger partial charge in [-0.2, -0.15) is 16.9 Å². The van der Waals surface area contributed by atoms with E-state index in [1.54, 1.807) is 16.4 Å². The van der Waals surface area contributed by atoms with E-state index >= 15 is 0 Å². The van der Waals surface area contributed by atoms with Crippen LogP contribution in [0, 0.1) is 6.92 Å². The molecule has 1 N–H and O–H groups in total. The van der Waals surface area contributed by atoms with Crippen LogP contribution in [0.5, 0.6) is 0 Å². The van der Waals surface area contributed by atoms with Crippen molar-refractivity contribution in [2.45, 2.75) is 25.5 Å². The Bertz CT molecular complexity index is 903. The number of hydrogen-bond acceptors (Lipinski definition) is 6. The van der Waals surface area contributed by atoms with Gasteiger partial charge in [-0.25, -0.2) is 0 Å². The minimum Gasteiger partial charge on any atom is -0.419 e. The summed E-state index contributed by atoms with van der Waals surface area (Å²) in [7, 11) is 1.82. The maximum atomic E-state index is 12.2. The SMILES string of the molecule is CSCc1cccc(NC(=O)CCc2nnc(-c3cc(C)nn3C)o2)c1. The third-order valence-corrected chi connectivity index (χ3v) is 4.40. The summed E-state index contributed by atoms with van der Waals surface area (Å²) in [5.74, 6) is 1.68. The number of carbonyl (C=O) groups is 1. The van der Waals surface area contributed by atoms with Crippen molar-refractivity contribution >= 4 is 23.4 Å². The van der Waals surface area contributed by atoms with Gasteiger partial charge in [-0.15, -0.1) is 10.2 Å². The van der Waals surface area contributed by atoms with Crippen molar-refractivity contribution in [2.75, 3.05) is 11.6 Å². The summed E-state index contributed by atoms with van der Waals surface area (Å²) in [6.45, 7) is 1.90. The molecule has 0 atom stereocenters. The first-order valence-corrected chi connectivity index (χ1v) is 9.65. The smallest absolute Gasteiger partial charge is 0.265 e. The molecule has 7 nitrogen and oxygen atoms in total. The fraction of sp³-hybridized carbons (Fsp3) is 0.333. The lowest BCUT2D eigenvalue weighted by molar-refractivity contribution is -0.116. The van der Waals surface area contributed by atoms with E-state index in [2.05, 4.69) is 26.9 Å². The fourth-order valence-electron chi connectivity index (χ4n) is 2.62. The van der Waals surface area contributed by atoms with Crippen LogP contribution in [0.2, 0.25) is 0 Å². The highest BCUT2D eigenvalue weighted by Crippen LogP contribution is 2.19. The Morgan fingerprint density at radius 3 is 2.88 bits per heavy atom. The van der Waals surface area contributed by atoms with Crippen LogP contribution in [0.3, 0.4) is 0 Å². The van der Waals surface area contributed by atoms with E-state index in [0.717, 1.165) is 22.8 Å². The zero-order valence-electron chi connectivity index (χ0n) is 15.0. The normalized spacial score (nSPS) is 10.9. The highest BCUT2D eigenvalue weighted by molar-refractivity contribution is 7.97. The van der Waals surface area contributed by atoms with Gasteiger partial charge in [-0.3, -0.25) is 9.48 Å². The number of rotatable bonds is 7. The van der Waals surface area contributed by atoms with Gasteiger partial charge in [0, 0.05) is 31.3 Å². The van der Waals surface area contributed by atoms with Gasteiger partial charge in [0.25, 0.3) is 5.89 Å². The number of aromatic nitrogens is 4. The summed E-state index contributed by atoms with van der Waals surface area (Å²) in [4.78, 5) is 12.2. The number of anilines is 1. The maximum Gasteiger partial charge on any atom is 0.265 e. The molecule has 0 aliphatic heterocycles. The van der Waals surface area contributed by atoms with Crippen LogP contribution < -0.4 is 5.32 Å². The van der Waals surface area contributed by atoms with Crippen LogP contribution in [0.15, 0.2) is 34.7 Å². The number of carbonyl (C=O) groups excluding carboxylic acids is 1. The van der Waals surface area contributed by atoms with Gasteiger partial charge in [0.05, 0.1) is 5.69 Å². The first kappa shape index (κ1) is 18.2. The largest absolute Gasteiger partial charge is 0.419 e. The highest BCUT2D eigenvalue weighted by atomic mass is 32.2. The second kappa shape index (κ2) is 8.18. The standard InChI is InChI=1S/C18H21N5O2S/c1-12-9-15(23(2)22-12)18-21-20-17(25-18)8-7-16(24)19-14-6-4-5-13(10-14)11-26-3/h4-6,9-10H,7-8,11H2,1-3H3,(H,19,24).